The number of aromatic amines is 1. The number of aliphatic hydroxyl groups is 1. The molecule has 26 heavy (non-hydrogen) atoms. The summed E-state index contributed by atoms with van der Waals surface area (Å²) in [5.74, 6) is 1.55. The van der Waals surface area contributed by atoms with Crippen molar-refractivity contribution in [1.82, 2.24) is 24.3 Å². The largest absolute Gasteiger partial charge is 0.390 e. The summed E-state index contributed by atoms with van der Waals surface area (Å²) in [6, 6.07) is 2.01. The molecule has 3 aromatic heterocycles. The zero-order valence-corrected chi connectivity index (χ0v) is 15.4. The van der Waals surface area contributed by atoms with E-state index in [1.165, 1.54) is 0 Å². The van der Waals surface area contributed by atoms with E-state index >= 15 is 0 Å². The molecule has 1 aliphatic heterocycles. The second kappa shape index (κ2) is 6.09. The molecule has 1 aliphatic rings. The van der Waals surface area contributed by atoms with Gasteiger partial charge in [-0.1, -0.05) is 6.92 Å². The van der Waals surface area contributed by atoms with Crippen molar-refractivity contribution in [2.75, 3.05) is 13.1 Å². The molecule has 4 rings (SSSR count). The van der Waals surface area contributed by atoms with Crippen LogP contribution in [0.15, 0.2) is 24.7 Å². The average Bonchev–Trinajstić information content (AvgIpc) is 3.19. The lowest BCUT2D eigenvalue weighted by Gasteiger charge is -2.37. The predicted molar refractivity (Wildman–Crippen MR) is 98.9 cm³/mol. The number of amides is 1. The second-order valence-corrected chi connectivity index (χ2v) is 8.05. The lowest BCUT2D eigenvalue weighted by Crippen LogP contribution is -2.44. The highest BCUT2D eigenvalue weighted by Crippen LogP contribution is 2.33. The van der Waals surface area contributed by atoms with Crippen LogP contribution < -0.4 is 0 Å². The van der Waals surface area contributed by atoms with Crippen molar-refractivity contribution in [2.45, 2.75) is 45.1 Å². The van der Waals surface area contributed by atoms with Gasteiger partial charge in [0.1, 0.15) is 5.82 Å². The van der Waals surface area contributed by atoms with E-state index in [0.717, 1.165) is 35.5 Å². The Morgan fingerprint density at radius 3 is 2.92 bits per heavy atom. The maximum atomic E-state index is 12.6. The lowest BCUT2D eigenvalue weighted by atomic mass is 9.86. The number of piperidine rings is 1. The van der Waals surface area contributed by atoms with E-state index in [1.807, 2.05) is 29.6 Å². The number of nitrogens with one attached hydrogen (secondary N) is 1. The minimum Gasteiger partial charge on any atom is -0.390 e. The van der Waals surface area contributed by atoms with Crippen LogP contribution in [0, 0.1) is 5.92 Å². The molecule has 4 heterocycles. The summed E-state index contributed by atoms with van der Waals surface area (Å²) >= 11 is 0. The van der Waals surface area contributed by atoms with Gasteiger partial charge in [0.25, 0.3) is 0 Å². The fourth-order valence-electron chi connectivity index (χ4n) is 3.88. The van der Waals surface area contributed by atoms with Gasteiger partial charge in [0.2, 0.25) is 5.91 Å². The number of fused-ring (bicyclic) bond motifs is 3. The van der Waals surface area contributed by atoms with E-state index < -0.39 is 5.60 Å². The fraction of sp³-hybridized carbons (Fsp3) is 0.526. The van der Waals surface area contributed by atoms with Gasteiger partial charge in [-0.2, -0.15) is 0 Å². The monoisotopic (exact) mass is 355 g/mol. The number of nitrogens with zero attached hydrogens (tertiary/aromatic N) is 4. The summed E-state index contributed by atoms with van der Waals surface area (Å²) in [6.07, 6.45) is 6.62. The molecule has 7 heteroatoms. The van der Waals surface area contributed by atoms with Gasteiger partial charge in [0, 0.05) is 25.2 Å². The first-order valence-corrected chi connectivity index (χ1v) is 9.13. The number of aromatic nitrogens is 4. The van der Waals surface area contributed by atoms with Gasteiger partial charge in [0.15, 0.2) is 5.65 Å². The van der Waals surface area contributed by atoms with E-state index in [2.05, 4.69) is 26.3 Å². The van der Waals surface area contributed by atoms with Gasteiger partial charge >= 0.3 is 0 Å². The number of rotatable bonds is 3. The number of hydrogen-bond donors (Lipinski definition) is 2. The highest BCUT2D eigenvalue weighted by molar-refractivity contribution is 5.77. The van der Waals surface area contributed by atoms with Crippen LogP contribution in [0.3, 0.4) is 0 Å². The molecule has 0 saturated carbocycles. The smallest absolute Gasteiger partial charge is 0.225 e. The molecule has 1 saturated heterocycles. The summed E-state index contributed by atoms with van der Waals surface area (Å²) in [4.78, 5) is 26.7. The minimum absolute atomic E-state index is 0.00344. The molecule has 1 amide bonds. The third-order valence-corrected chi connectivity index (χ3v) is 5.31. The van der Waals surface area contributed by atoms with Crippen LogP contribution >= 0.6 is 0 Å². The Labute approximate surface area is 152 Å². The molecule has 0 aliphatic carbocycles. The van der Waals surface area contributed by atoms with Crippen LogP contribution in [-0.4, -0.2) is 54.0 Å². The molecule has 2 atom stereocenters. The van der Waals surface area contributed by atoms with Crippen LogP contribution in [0.1, 0.15) is 45.4 Å². The summed E-state index contributed by atoms with van der Waals surface area (Å²) in [6.45, 7) is 6.93. The number of likely N-dealkylation sites (tertiary alicyclic amines) is 1. The number of imidazole rings is 1. The van der Waals surface area contributed by atoms with Gasteiger partial charge in [0.05, 0.1) is 35.4 Å². The van der Waals surface area contributed by atoms with Crippen molar-refractivity contribution in [3.8, 4) is 0 Å². The molecular weight excluding hydrogens is 330 g/mol. The maximum absolute atomic E-state index is 12.6. The molecule has 0 spiro atoms. The molecule has 2 N–H and O–H groups in total. The number of carbonyl (C=O) groups is 1. The Balaban J connectivity index is 1.69. The molecule has 3 aromatic rings. The molecule has 0 radical (unpaired) electrons. The first-order valence-electron chi connectivity index (χ1n) is 9.13. The van der Waals surface area contributed by atoms with Crippen LogP contribution in [0.4, 0.5) is 0 Å². The fourth-order valence-corrected chi connectivity index (χ4v) is 3.88. The molecule has 138 valence electrons. The standard InChI is InChI=1S/C19H25N5O2/c1-12-5-7-23(16(25)8-19(2,3)26)11-14(12)18-22-10-13-9-21-17-15(24(13)18)4-6-20-17/h4,6,9-10,12,14,20,26H,5,7-8,11H2,1-3H3. The van der Waals surface area contributed by atoms with Crippen molar-refractivity contribution in [2.24, 2.45) is 5.92 Å². The highest BCUT2D eigenvalue weighted by atomic mass is 16.3. The quantitative estimate of drug-likeness (QED) is 0.755. The van der Waals surface area contributed by atoms with Crippen molar-refractivity contribution in [3.05, 3.63) is 30.5 Å². The van der Waals surface area contributed by atoms with E-state index in [1.54, 1.807) is 13.8 Å². The molecular formula is C19H25N5O2. The topological polar surface area (TPSA) is 86.5 Å². The van der Waals surface area contributed by atoms with Gasteiger partial charge < -0.3 is 15.0 Å². The Morgan fingerprint density at radius 2 is 2.15 bits per heavy atom. The van der Waals surface area contributed by atoms with Crippen LogP contribution in [0.2, 0.25) is 0 Å². The predicted octanol–water partition coefficient (Wildman–Crippen LogP) is 2.32. The molecule has 7 nitrogen and oxygen atoms in total. The van der Waals surface area contributed by atoms with Gasteiger partial charge in [-0.15, -0.1) is 0 Å². The lowest BCUT2D eigenvalue weighted by molar-refractivity contribution is -0.137. The number of carbonyl (C=O) groups excluding carboxylic acids is 1. The molecule has 0 bridgehead atoms. The average molecular weight is 355 g/mol. The Morgan fingerprint density at radius 1 is 1.38 bits per heavy atom. The summed E-state index contributed by atoms with van der Waals surface area (Å²) < 4.78 is 2.14. The molecule has 2 unspecified atom stereocenters. The van der Waals surface area contributed by atoms with Gasteiger partial charge in [-0.25, -0.2) is 9.97 Å². The van der Waals surface area contributed by atoms with Crippen molar-refractivity contribution < 1.29 is 9.90 Å². The maximum Gasteiger partial charge on any atom is 0.225 e. The van der Waals surface area contributed by atoms with Crippen molar-refractivity contribution in [1.29, 1.82) is 0 Å². The second-order valence-electron chi connectivity index (χ2n) is 8.05. The summed E-state index contributed by atoms with van der Waals surface area (Å²) in [5.41, 5.74) is 1.80. The highest BCUT2D eigenvalue weighted by Gasteiger charge is 2.34. The van der Waals surface area contributed by atoms with Crippen LogP contribution in [0.25, 0.3) is 16.7 Å². The van der Waals surface area contributed by atoms with Crippen molar-refractivity contribution in [3.63, 3.8) is 0 Å². The van der Waals surface area contributed by atoms with Crippen LogP contribution in [-0.2, 0) is 4.79 Å². The molecule has 1 fully saturated rings. The number of hydrogen-bond acceptors (Lipinski definition) is 4. The Kier molecular flexibility index (Phi) is 3.99. The van der Waals surface area contributed by atoms with Gasteiger partial charge in [-0.3, -0.25) is 9.20 Å². The molecule has 0 aromatic carbocycles. The van der Waals surface area contributed by atoms with E-state index in [9.17, 15) is 9.90 Å². The number of H-pyrrole nitrogens is 1. The normalized spacial score (nSPS) is 21.6. The SMILES string of the molecule is CC1CCN(C(=O)CC(C)(C)O)CC1c1ncc2cnc3[nH]ccc3n12. The Hall–Kier alpha value is -2.41. The third-order valence-electron chi connectivity index (χ3n) is 5.31. The zero-order valence-electron chi connectivity index (χ0n) is 15.4. The van der Waals surface area contributed by atoms with Crippen LogP contribution in [0.5, 0.6) is 0 Å². The third kappa shape index (κ3) is 2.96. The van der Waals surface area contributed by atoms with E-state index in [-0.39, 0.29) is 18.2 Å². The summed E-state index contributed by atoms with van der Waals surface area (Å²) in [7, 11) is 0. The van der Waals surface area contributed by atoms with Crippen molar-refractivity contribution >= 4 is 22.6 Å². The summed E-state index contributed by atoms with van der Waals surface area (Å²) in [5, 5.41) is 9.98. The first-order chi connectivity index (χ1) is 12.3. The van der Waals surface area contributed by atoms with E-state index in [0.29, 0.717) is 12.5 Å². The van der Waals surface area contributed by atoms with Gasteiger partial charge in [-0.05, 0) is 32.3 Å². The Bertz CT molecular complexity index is 952. The minimum atomic E-state index is -0.987. The zero-order chi connectivity index (χ0) is 18.5. The first kappa shape index (κ1) is 17.0. The van der Waals surface area contributed by atoms with E-state index in [4.69, 9.17) is 0 Å².